The summed E-state index contributed by atoms with van der Waals surface area (Å²) in [5.74, 6) is 3.49. The number of nitrogens with one attached hydrogen (secondary N) is 2. The minimum absolute atomic E-state index is 0. The Morgan fingerprint density at radius 1 is 1.18 bits per heavy atom. The molecule has 28 heavy (non-hydrogen) atoms. The topological polar surface area (TPSA) is 79.6 Å². The van der Waals surface area contributed by atoms with Crippen molar-refractivity contribution in [2.24, 2.45) is 18.0 Å². The molecule has 0 aromatic carbocycles. The fraction of sp³-hybridized carbons (Fsp3) is 0.842. The Morgan fingerprint density at radius 2 is 1.86 bits per heavy atom. The van der Waals surface area contributed by atoms with Crippen LogP contribution in [0.25, 0.3) is 0 Å². The maximum atomic E-state index is 5.12. The van der Waals surface area contributed by atoms with Crippen LogP contribution in [0.15, 0.2) is 4.99 Å². The molecule has 0 saturated carbocycles. The molecule has 9 heteroatoms. The van der Waals surface area contributed by atoms with Crippen LogP contribution in [0, 0.1) is 12.8 Å². The summed E-state index contributed by atoms with van der Waals surface area (Å²) in [6.07, 6.45) is 4.74. The van der Waals surface area contributed by atoms with Gasteiger partial charge in [0.1, 0.15) is 12.4 Å². The molecule has 2 heterocycles. The van der Waals surface area contributed by atoms with Gasteiger partial charge in [0.05, 0.1) is 0 Å². The summed E-state index contributed by atoms with van der Waals surface area (Å²) >= 11 is 0. The van der Waals surface area contributed by atoms with Gasteiger partial charge in [0.25, 0.3) is 0 Å². The number of methoxy groups -OCH3 is 1. The van der Waals surface area contributed by atoms with E-state index in [4.69, 9.17) is 4.74 Å². The first-order chi connectivity index (χ1) is 13.1. The van der Waals surface area contributed by atoms with Gasteiger partial charge in [0.15, 0.2) is 11.8 Å². The second kappa shape index (κ2) is 14.1. The van der Waals surface area contributed by atoms with Gasteiger partial charge in [-0.1, -0.05) is 6.92 Å². The summed E-state index contributed by atoms with van der Waals surface area (Å²) in [7, 11) is 3.70. The number of aromatic nitrogens is 3. The van der Waals surface area contributed by atoms with E-state index in [0.29, 0.717) is 6.54 Å². The fourth-order valence-electron chi connectivity index (χ4n) is 3.13. The number of halogens is 1. The highest BCUT2D eigenvalue weighted by molar-refractivity contribution is 14.0. The van der Waals surface area contributed by atoms with Gasteiger partial charge >= 0.3 is 0 Å². The fourth-order valence-corrected chi connectivity index (χ4v) is 3.13. The van der Waals surface area contributed by atoms with Crippen LogP contribution in [0.1, 0.15) is 44.3 Å². The summed E-state index contributed by atoms with van der Waals surface area (Å²) in [6, 6.07) is 0. The average molecular weight is 507 g/mol. The van der Waals surface area contributed by atoms with Gasteiger partial charge in [0.2, 0.25) is 0 Å². The zero-order valence-electron chi connectivity index (χ0n) is 17.9. The SMILES string of the molecule is COCCCNC(=NCc1nnc(C)n1C)NCCCN1CCC(C)CC1.I. The highest BCUT2D eigenvalue weighted by Crippen LogP contribution is 2.15. The Bertz CT molecular complexity index is 571. The molecule has 2 rings (SSSR count). The van der Waals surface area contributed by atoms with Gasteiger partial charge < -0.3 is 24.8 Å². The first-order valence-corrected chi connectivity index (χ1v) is 10.2. The molecule has 0 radical (unpaired) electrons. The smallest absolute Gasteiger partial charge is 0.191 e. The first kappa shape index (κ1) is 25.1. The number of ether oxygens (including phenoxy) is 1. The quantitative estimate of drug-likeness (QED) is 0.218. The third-order valence-electron chi connectivity index (χ3n) is 5.20. The number of nitrogens with zero attached hydrogens (tertiary/aromatic N) is 5. The maximum absolute atomic E-state index is 5.12. The van der Waals surface area contributed by atoms with Crippen molar-refractivity contribution >= 4 is 29.9 Å². The average Bonchev–Trinajstić information content (AvgIpc) is 2.99. The van der Waals surface area contributed by atoms with Gasteiger partial charge in [-0.25, -0.2) is 4.99 Å². The molecule has 0 unspecified atom stereocenters. The second-order valence-electron chi connectivity index (χ2n) is 7.46. The Kier molecular flexibility index (Phi) is 12.6. The van der Waals surface area contributed by atoms with Crippen LogP contribution in [-0.4, -0.2) is 72.1 Å². The molecule has 1 aliphatic heterocycles. The lowest BCUT2D eigenvalue weighted by Gasteiger charge is -2.30. The molecule has 0 spiro atoms. The number of aryl methyl sites for hydroxylation is 1. The monoisotopic (exact) mass is 507 g/mol. The van der Waals surface area contributed by atoms with Gasteiger partial charge in [-0.3, -0.25) is 0 Å². The third-order valence-corrected chi connectivity index (χ3v) is 5.20. The number of rotatable bonds is 10. The van der Waals surface area contributed by atoms with Crippen LogP contribution < -0.4 is 10.6 Å². The van der Waals surface area contributed by atoms with E-state index in [2.05, 4.69) is 37.6 Å². The van der Waals surface area contributed by atoms with E-state index < -0.39 is 0 Å². The summed E-state index contributed by atoms with van der Waals surface area (Å²) in [5.41, 5.74) is 0. The summed E-state index contributed by atoms with van der Waals surface area (Å²) in [4.78, 5) is 7.25. The van der Waals surface area contributed by atoms with E-state index in [9.17, 15) is 0 Å². The van der Waals surface area contributed by atoms with E-state index >= 15 is 0 Å². The van der Waals surface area contributed by atoms with Gasteiger partial charge in [0, 0.05) is 33.9 Å². The van der Waals surface area contributed by atoms with Gasteiger partial charge in [-0.05, 0) is 58.2 Å². The predicted molar refractivity (Wildman–Crippen MR) is 124 cm³/mol. The standard InChI is InChI=1S/C19H37N7O.HI/c1-16-7-12-26(13-8-16)11-5-9-20-19(21-10-6-14-27-4)22-15-18-24-23-17(2)25(18)3;/h16H,5-15H2,1-4H3,(H2,20,21,22);1H. The van der Waals surface area contributed by atoms with E-state index in [1.54, 1.807) is 7.11 Å². The molecule has 2 N–H and O–H groups in total. The van der Waals surface area contributed by atoms with Crippen molar-refractivity contribution in [3.8, 4) is 0 Å². The lowest BCUT2D eigenvalue weighted by molar-refractivity contribution is 0.191. The van der Waals surface area contributed by atoms with Crippen molar-refractivity contribution in [3.05, 3.63) is 11.6 Å². The van der Waals surface area contributed by atoms with Crippen molar-refractivity contribution in [2.45, 2.75) is 46.1 Å². The molecule has 0 bridgehead atoms. The number of piperidine rings is 1. The molecule has 1 fully saturated rings. The highest BCUT2D eigenvalue weighted by atomic mass is 127. The first-order valence-electron chi connectivity index (χ1n) is 10.2. The Hall–Kier alpha value is -0.940. The molecule has 1 aromatic heterocycles. The Labute approximate surface area is 186 Å². The van der Waals surface area contributed by atoms with E-state index in [1.807, 2.05) is 18.5 Å². The number of guanidine groups is 1. The highest BCUT2D eigenvalue weighted by Gasteiger charge is 2.14. The summed E-state index contributed by atoms with van der Waals surface area (Å²) in [6.45, 7) is 10.9. The molecule has 8 nitrogen and oxygen atoms in total. The van der Waals surface area contributed by atoms with Crippen molar-refractivity contribution in [2.75, 3.05) is 46.4 Å². The van der Waals surface area contributed by atoms with Crippen LogP contribution in [0.5, 0.6) is 0 Å². The molecular formula is C19H38IN7O. The predicted octanol–water partition coefficient (Wildman–Crippen LogP) is 1.94. The normalized spacial score (nSPS) is 16.1. The molecule has 0 amide bonds. The molecule has 162 valence electrons. The van der Waals surface area contributed by atoms with Crippen LogP contribution in [0.4, 0.5) is 0 Å². The largest absolute Gasteiger partial charge is 0.385 e. The minimum Gasteiger partial charge on any atom is -0.385 e. The van der Waals surface area contributed by atoms with Crippen molar-refractivity contribution in [1.82, 2.24) is 30.3 Å². The van der Waals surface area contributed by atoms with Gasteiger partial charge in [-0.15, -0.1) is 34.2 Å². The third kappa shape index (κ3) is 9.04. The minimum atomic E-state index is 0. The second-order valence-corrected chi connectivity index (χ2v) is 7.46. The van der Waals surface area contributed by atoms with Gasteiger partial charge in [-0.2, -0.15) is 0 Å². The molecular weight excluding hydrogens is 469 g/mol. The zero-order valence-corrected chi connectivity index (χ0v) is 20.2. The number of hydrogen-bond acceptors (Lipinski definition) is 5. The van der Waals surface area contributed by atoms with E-state index in [-0.39, 0.29) is 24.0 Å². The van der Waals surface area contributed by atoms with Crippen molar-refractivity contribution < 1.29 is 4.74 Å². The number of hydrogen-bond donors (Lipinski definition) is 2. The lowest BCUT2D eigenvalue weighted by Crippen LogP contribution is -2.40. The summed E-state index contributed by atoms with van der Waals surface area (Å²) < 4.78 is 7.09. The molecule has 1 saturated heterocycles. The molecule has 1 aromatic rings. The summed E-state index contributed by atoms with van der Waals surface area (Å²) in [5, 5.41) is 15.1. The maximum Gasteiger partial charge on any atom is 0.191 e. The zero-order chi connectivity index (χ0) is 19.5. The van der Waals surface area contributed by atoms with E-state index in [0.717, 1.165) is 62.6 Å². The number of likely N-dealkylation sites (tertiary alicyclic amines) is 1. The molecule has 1 aliphatic rings. The van der Waals surface area contributed by atoms with Crippen molar-refractivity contribution in [1.29, 1.82) is 0 Å². The lowest BCUT2D eigenvalue weighted by atomic mass is 9.99. The molecule has 0 atom stereocenters. The Balaban J connectivity index is 0.00000392. The van der Waals surface area contributed by atoms with Crippen LogP contribution in [0.3, 0.4) is 0 Å². The van der Waals surface area contributed by atoms with Crippen LogP contribution >= 0.6 is 24.0 Å². The number of aliphatic imine (C=N–C) groups is 1. The van der Waals surface area contributed by atoms with Crippen molar-refractivity contribution in [3.63, 3.8) is 0 Å². The van der Waals surface area contributed by atoms with Crippen LogP contribution in [0.2, 0.25) is 0 Å². The van der Waals surface area contributed by atoms with E-state index in [1.165, 1.54) is 25.9 Å². The molecule has 0 aliphatic carbocycles. The van der Waals surface area contributed by atoms with Crippen LogP contribution in [-0.2, 0) is 18.3 Å². The Morgan fingerprint density at radius 3 is 2.46 bits per heavy atom.